The lowest BCUT2D eigenvalue weighted by atomic mass is 10.1. The van der Waals surface area contributed by atoms with Gasteiger partial charge in [0, 0.05) is 25.4 Å². The minimum Gasteiger partial charge on any atom is -0.493 e. The standard InChI is InChI=1S/C16H23N3O2/c1-5-13-14(11-19(3)18-13)17-10-12-8-7-9-15(21-6-2)16(12)20-4/h7-9,11,17H,5-6,10H2,1-4H3. The second-order valence-electron chi connectivity index (χ2n) is 4.75. The molecule has 2 rings (SSSR count). The third kappa shape index (κ3) is 3.48. The maximum atomic E-state index is 5.60. The number of rotatable bonds is 7. The van der Waals surface area contributed by atoms with E-state index in [9.17, 15) is 0 Å². The van der Waals surface area contributed by atoms with Gasteiger partial charge in [0.1, 0.15) is 0 Å². The van der Waals surface area contributed by atoms with Crippen LogP contribution < -0.4 is 14.8 Å². The number of anilines is 1. The Bertz CT molecular complexity index is 593. The highest BCUT2D eigenvalue weighted by molar-refractivity contribution is 5.51. The number of hydrogen-bond acceptors (Lipinski definition) is 4. The van der Waals surface area contributed by atoms with E-state index in [-0.39, 0.29) is 0 Å². The van der Waals surface area contributed by atoms with Crippen LogP contribution in [0.2, 0.25) is 0 Å². The molecule has 5 nitrogen and oxygen atoms in total. The Labute approximate surface area is 125 Å². The second-order valence-corrected chi connectivity index (χ2v) is 4.75. The van der Waals surface area contributed by atoms with E-state index in [4.69, 9.17) is 9.47 Å². The predicted molar refractivity (Wildman–Crippen MR) is 84.1 cm³/mol. The summed E-state index contributed by atoms with van der Waals surface area (Å²) in [5.74, 6) is 1.56. The molecule has 5 heteroatoms. The molecule has 1 aromatic heterocycles. The Morgan fingerprint density at radius 3 is 2.76 bits per heavy atom. The molecule has 0 atom stereocenters. The zero-order valence-electron chi connectivity index (χ0n) is 13.1. The number of hydrogen-bond donors (Lipinski definition) is 1. The second kappa shape index (κ2) is 7.02. The highest BCUT2D eigenvalue weighted by Gasteiger charge is 2.11. The van der Waals surface area contributed by atoms with Crippen molar-refractivity contribution in [3.8, 4) is 11.5 Å². The number of aryl methyl sites for hydroxylation is 2. The van der Waals surface area contributed by atoms with Crippen molar-refractivity contribution in [1.82, 2.24) is 9.78 Å². The molecule has 2 aromatic rings. The van der Waals surface area contributed by atoms with E-state index in [0.29, 0.717) is 13.2 Å². The van der Waals surface area contributed by atoms with Gasteiger partial charge in [0.05, 0.1) is 25.1 Å². The first-order valence-electron chi connectivity index (χ1n) is 7.24. The minimum atomic E-state index is 0.621. The monoisotopic (exact) mass is 289 g/mol. The summed E-state index contributed by atoms with van der Waals surface area (Å²) >= 11 is 0. The molecule has 0 unspecified atom stereocenters. The van der Waals surface area contributed by atoms with E-state index < -0.39 is 0 Å². The van der Waals surface area contributed by atoms with Gasteiger partial charge in [-0.25, -0.2) is 0 Å². The Kier molecular flexibility index (Phi) is 5.09. The summed E-state index contributed by atoms with van der Waals surface area (Å²) in [7, 11) is 3.60. The molecule has 0 saturated heterocycles. The average molecular weight is 289 g/mol. The molecule has 0 spiro atoms. The van der Waals surface area contributed by atoms with Crippen LogP contribution in [-0.2, 0) is 20.0 Å². The molecular weight excluding hydrogens is 266 g/mol. The van der Waals surface area contributed by atoms with Crippen molar-refractivity contribution < 1.29 is 9.47 Å². The van der Waals surface area contributed by atoms with Crippen LogP contribution in [0.5, 0.6) is 11.5 Å². The summed E-state index contributed by atoms with van der Waals surface area (Å²) in [6, 6.07) is 5.94. The van der Waals surface area contributed by atoms with Crippen molar-refractivity contribution in [2.75, 3.05) is 19.0 Å². The highest BCUT2D eigenvalue weighted by atomic mass is 16.5. The summed E-state index contributed by atoms with van der Waals surface area (Å²) in [5.41, 5.74) is 3.19. The maximum Gasteiger partial charge on any atom is 0.165 e. The SMILES string of the molecule is CCOc1cccc(CNc2cn(C)nc2CC)c1OC. The topological polar surface area (TPSA) is 48.3 Å². The Morgan fingerprint density at radius 2 is 2.10 bits per heavy atom. The molecule has 21 heavy (non-hydrogen) atoms. The minimum absolute atomic E-state index is 0.621. The zero-order valence-corrected chi connectivity index (χ0v) is 13.1. The first-order chi connectivity index (χ1) is 10.2. The number of benzene rings is 1. The molecule has 0 amide bonds. The van der Waals surface area contributed by atoms with Gasteiger partial charge in [-0.1, -0.05) is 19.1 Å². The number of ether oxygens (including phenoxy) is 2. The van der Waals surface area contributed by atoms with Gasteiger partial charge in [0.2, 0.25) is 0 Å². The molecule has 0 aliphatic rings. The lowest BCUT2D eigenvalue weighted by molar-refractivity contribution is 0.309. The van der Waals surface area contributed by atoms with Crippen molar-refractivity contribution in [3.05, 3.63) is 35.7 Å². The zero-order chi connectivity index (χ0) is 15.2. The molecule has 0 fully saturated rings. The van der Waals surface area contributed by atoms with Gasteiger partial charge < -0.3 is 14.8 Å². The van der Waals surface area contributed by atoms with Crippen LogP contribution in [0.4, 0.5) is 5.69 Å². The first-order valence-corrected chi connectivity index (χ1v) is 7.24. The Hall–Kier alpha value is -2.17. The van der Waals surface area contributed by atoms with Crippen molar-refractivity contribution >= 4 is 5.69 Å². The summed E-state index contributed by atoms with van der Waals surface area (Å²) in [6.07, 6.45) is 2.90. The van der Waals surface area contributed by atoms with Crippen LogP contribution >= 0.6 is 0 Å². The van der Waals surface area contributed by atoms with Crippen molar-refractivity contribution in [2.45, 2.75) is 26.8 Å². The predicted octanol–water partition coefficient (Wildman–Crippen LogP) is 3.00. The fourth-order valence-corrected chi connectivity index (χ4v) is 2.34. The molecule has 1 heterocycles. The van der Waals surface area contributed by atoms with Gasteiger partial charge in [-0.05, 0) is 19.4 Å². The summed E-state index contributed by atoms with van der Waals surface area (Å²) in [5, 5.41) is 7.86. The van der Waals surface area contributed by atoms with E-state index in [1.807, 2.05) is 43.0 Å². The normalized spacial score (nSPS) is 10.5. The molecule has 0 saturated carbocycles. The van der Waals surface area contributed by atoms with Gasteiger partial charge in [0.15, 0.2) is 11.5 Å². The number of nitrogens with zero attached hydrogens (tertiary/aromatic N) is 2. The number of methoxy groups -OCH3 is 1. The average Bonchev–Trinajstić information content (AvgIpc) is 2.85. The van der Waals surface area contributed by atoms with Crippen LogP contribution in [0.15, 0.2) is 24.4 Å². The van der Waals surface area contributed by atoms with Gasteiger partial charge >= 0.3 is 0 Å². The first kappa shape index (κ1) is 15.2. The number of nitrogens with one attached hydrogen (secondary N) is 1. The number of aromatic nitrogens is 2. The van der Waals surface area contributed by atoms with E-state index in [1.165, 1.54) is 0 Å². The third-order valence-electron chi connectivity index (χ3n) is 3.27. The quantitative estimate of drug-likeness (QED) is 0.851. The molecular formula is C16H23N3O2. The molecule has 0 aliphatic carbocycles. The van der Waals surface area contributed by atoms with Gasteiger partial charge in [-0.3, -0.25) is 4.68 Å². The summed E-state index contributed by atoms with van der Waals surface area (Å²) in [4.78, 5) is 0. The highest BCUT2D eigenvalue weighted by Crippen LogP contribution is 2.31. The van der Waals surface area contributed by atoms with Crippen molar-refractivity contribution in [1.29, 1.82) is 0 Å². The van der Waals surface area contributed by atoms with Crippen LogP contribution in [0, 0.1) is 0 Å². The maximum absolute atomic E-state index is 5.60. The Balaban J connectivity index is 2.17. The molecule has 0 aliphatic heterocycles. The van der Waals surface area contributed by atoms with Crippen LogP contribution in [0.3, 0.4) is 0 Å². The number of para-hydroxylation sites is 1. The van der Waals surface area contributed by atoms with E-state index in [2.05, 4.69) is 17.3 Å². The Morgan fingerprint density at radius 1 is 1.29 bits per heavy atom. The molecule has 0 radical (unpaired) electrons. The molecule has 0 bridgehead atoms. The van der Waals surface area contributed by atoms with Crippen LogP contribution in [-0.4, -0.2) is 23.5 Å². The molecule has 1 N–H and O–H groups in total. The van der Waals surface area contributed by atoms with Crippen LogP contribution in [0.1, 0.15) is 25.1 Å². The summed E-state index contributed by atoms with van der Waals surface area (Å²) < 4.78 is 12.9. The lowest BCUT2D eigenvalue weighted by Gasteiger charge is -2.14. The van der Waals surface area contributed by atoms with Gasteiger partial charge in [-0.15, -0.1) is 0 Å². The molecule has 114 valence electrons. The van der Waals surface area contributed by atoms with Gasteiger partial charge in [-0.2, -0.15) is 5.10 Å². The van der Waals surface area contributed by atoms with Crippen LogP contribution in [0.25, 0.3) is 0 Å². The fraction of sp³-hybridized carbons (Fsp3) is 0.438. The van der Waals surface area contributed by atoms with Gasteiger partial charge in [0.25, 0.3) is 0 Å². The van der Waals surface area contributed by atoms with Crippen molar-refractivity contribution in [2.24, 2.45) is 7.05 Å². The summed E-state index contributed by atoms with van der Waals surface area (Å²) in [6.45, 7) is 5.36. The van der Waals surface area contributed by atoms with Crippen molar-refractivity contribution in [3.63, 3.8) is 0 Å². The third-order valence-corrected chi connectivity index (χ3v) is 3.27. The fourth-order valence-electron chi connectivity index (χ4n) is 2.34. The lowest BCUT2D eigenvalue weighted by Crippen LogP contribution is -2.04. The van der Waals surface area contributed by atoms with E-state index in [1.54, 1.807) is 7.11 Å². The molecule has 1 aromatic carbocycles. The smallest absolute Gasteiger partial charge is 0.165 e. The van der Waals surface area contributed by atoms with E-state index >= 15 is 0 Å². The van der Waals surface area contributed by atoms with E-state index in [0.717, 1.165) is 34.9 Å². The largest absolute Gasteiger partial charge is 0.493 e.